The molecular formula is C14H19FN3O3+. The maximum absolute atomic E-state index is 14.2. The van der Waals surface area contributed by atoms with Gasteiger partial charge in [0.25, 0.3) is 5.95 Å². The summed E-state index contributed by atoms with van der Waals surface area (Å²) in [5.74, 6) is -1.85. The highest BCUT2D eigenvalue weighted by Crippen LogP contribution is 2.40. The zero-order chi connectivity index (χ0) is 16.0. The Labute approximate surface area is 122 Å². The summed E-state index contributed by atoms with van der Waals surface area (Å²) in [5, 5.41) is 9.30. The predicted octanol–water partition coefficient (Wildman–Crippen LogP) is 1.85. The Balaban J connectivity index is 2.69. The fraction of sp³-hybridized carbons (Fsp3) is 0.500. The molecule has 21 heavy (non-hydrogen) atoms. The van der Waals surface area contributed by atoms with Crippen LogP contribution in [0, 0.1) is 5.95 Å². The summed E-state index contributed by atoms with van der Waals surface area (Å²) >= 11 is 0. The number of carbonyl (C=O) groups excluding carboxylic acids is 1. The van der Waals surface area contributed by atoms with E-state index in [9.17, 15) is 19.1 Å². The second-order valence-electron chi connectivity index (χ2n) is 6.22. The number of nitrogens with zero attached hydrogens (tertiary/aromatic N) is 3. The van der Waals surface area contributed by atoms with Gasteiger partial charge in [0.2, 0.25) is 0 Å². The third-order valence-electron chi connectivity index (χ3n) is 4.12. The molecule has 114 valence electrons. The molecule has 0 aromatic carbocycles. The van der Waals surface area contributed by atoms with E-state index in [0.717, 1.165) is 0 Å². The Bertz CT molecular complexity index is 599. The molecule has 2 heterocycles. The van der Waals surface area contributed by atoms with Gasteiger partial charge in [-0.05, 0) is 26.8 Å². The van der Waals surface area contributed by atoms with E-state index in [-0.39, 0.29) is 12.2 Å². The topological polar surface area (TPSA) is 70.5 Å². The van der Waals surface area contributed by atoms with Crippen LogP contribution < -0.4 is 4.48 Å². The zero-order valence-electron chi connectivity index (χ0n) is 12.5. The molecule has 1 fully saturated rings. The summed E-state index contributed by atoms with van der Waals surface area (Å²) in [4.78, 5) is 28.9. The summed E-state index contributed by atoms with van der Waals surface area (Å²) in [6.45, 7) is 5.33. The Morgan fingerprint density at radius 1 is 1.52 bits per heavy atom. The van der Waals surface area contributed by atoms with Gasteiger partial charge in [0, 0.05) is 19.3 Å². The number of likely N-dealkylation sites (N-methyl/N-ethyl adjacent to an activating group) is 1. The SMILES string of the molecule is CN1C(=O)[N+](c2cccnc2F)(C(C)(C)C)C[C@H]1C(=O)O. The minimum Gasteiger partial charge on any atom is -0.480 e. The molecular weight excluding hydrogens is 277 g/mol. The van der Waals surface area contributed by atoms with E-state index in [0.29, 0.717) is 0 Å². The van der Waals surface area contributed by atoms with Gasteiger partial charge in [-0.25, -0.2) is 14.6 Å². The van der Waals surface area contributed by atoms with Crippen LogP contribution >= 0.6 is 0 Å². The molecule has 7 heteroatoms. The molecule has 1 aliphatic rings. The number of aromatic nitrogens is 1. The first-order chi connectivity index (χ1) is 9.63. The Morgan fingerprint density at radius 3 is 2.57 bits per heavy atom. The van der Waals surface area contributed by atoms with Crippen LogP contribution in [0.25, 0.3) is 0 Å². The minimum absolute atomic E-state index is 0.0310. The van der Waals surface area contributed by atoms with E-state index in [1.165, 1.54) is 24.2 Å². The number of amides is 2. The average Bonchev–Trinajstić information content (AvgIpc) is 2.64. The van der Waals surface area contributed by atoms with Crippen molar-refractivity contribution in [3.63, 3.8) is 0 Å². The van der Waals surface area contributed by atoms with E-state index >= 15 is 0 Å². The highest BCUT2D eigenvalue weighted by Gasteiger charge is 2.61. The molecule has 0 radical (unpaired) electrons. The molecule has 0 bridgehead atoms. The first-order valence-electron chi connectivity index (χ1n) is 6.62. The lowest BCUT2D eigenvalue weighted by Crippen LogP contribution is -2.64. The lowest BCUT2D eigenvalue weighted by Gasteiger charge is -2.41. The van der Waals surface area contributed by atoms with Gasteiger partial charge in [0.1, 0.15) is 12.1 Å². The monoisotopic (exact) mass is 296 g/mol. The number of hydrogen-bond donors (Lipinski definition) is 1. The quantitative estimate of drug-likeness (QED) is 0.668. The predicted molar refractivity (Wildman–Crippen MR) is 75.2 cm³/mol. The van der Waals surface area contributed by atoms with Crippen LogP contribution in [0.5, 0.6) is 0 Å². The van der Waals surface area contributed by atoms with Crippen LogP contribution in [0.2, 0.25) is 0 Å². The molecule has 2 rings (SSSR count). The molecule has 1 N–H and O–H groups in total. The number of pyridine rings is 1. The Hall–Kier alpha value is -2.02. The van der Waals surface area contributed by atoms with Gasteiger partial charge in [-0.15, -0.1) is 0 Å². The van der Waals surface area contributed by atoms with Crippen molar-refractivity contribution in [2.75, 3.05) is 13.6 Å². The molecule has 1 aromatic rings. The van der Waals surface area contributed by atoms with Crippen LogP contribution in [-0.2, 0) is 4.79 Å². The standard InChI is InChI=1S/C14H18FN3O3/c1-14(2,3)18(10-6-5-7-16-11(10)15)8-9(12(19)20)17(4)13(18)21/h5-7,9H,8H2,1-4H3/p+1/t9-,18?/m0/s1. The summed E-state index contributed by atoms with van der Waals surface area (Å²) in [6, 6.07) is 1.60. The fourth-order valence-corrected chi connectivity index (χ4v) is 2.89. The molecule has 1 aromatic heterocycles. The molecule has 6 nitrogen and oxygen atoms in total. The molecule has 1 unspecified atom stereocenters. The summed E-state index contributed by atoms with van der Waals surface area (Å²) in [6.07, 6.45) is 1.30. The number of quaternary nitrogens is 1. The minimum atomic E-state index is -1.10. The van der Waals surface area contributed by atoms with E-state index in [2.05, 4.69) is 4.98 Å². The number of aliphatic carboxylic acids is 1. The average molecular weight is 296 g/mol. The lowest BCUT2D eigenvalue weighted by atomic mass is 10.00. The molecule has 1 aliphatic heterocycles. The van der Waals surface area contributed by atoms with Crippen LogP contribution in [0.4, 0.5) is 14.9 Å². The number of rotatable bonds is 2. The molecule has 1 saturated heterocycles. The van der Waals surface area contributed by atoms with Gasteiger partial charge in [-0.2, -0.15) is 8.87 Å². The zero-order valence-corrected chi connectivity index (χ0v) is 12.5. The second kappa shape index (κ2) is 4.77. The van der Waals surface area contributed by atoms with Gasteiger partial charge in [-0.1, -0.05) is 0 Å². The van der Waals surface area contributed by atoms with Gasteiger partial charge in [-0.3, -0.25) is 4.90 Å². The van der Waals surface area contributed by atoms with Gasteiger partial charge in [0.15, 0.2) is 11.7 Å². The number of urea groups is 1. The van der Waals surface area contributed by atoms with Crippen LogP contribution in [0.1, 0.15) is 20.8 Å². The Morgan fingerprint density at radius 2 is 2.14 bits per heavy atom. The normalized spacial score (nSPS) is 26.2. The van der Waals surface area contributed by atoms with E-state index in [4.69, 9.17) is 0 Å². The Kier molecular flexibility index (Phi) is 3.49. The maximum Gasteiger partial charge on any atom is 0.425 e. The van der Waals surface area contributed by atoms with Crippen molar-refractivity contribution in [3.8, 4) is 0 Å². The highest BCUT2D eigenvalue weighted by atomic mass is 19.1. The van der Waals surface area contributed by atoms with Crippen LogP contribution in [0.3, 0.4) is 0 Å². The molecule has 2 amide bonds. The van der Waals surface area contributed by atoms with Crippen LogP contribution in [0.15, 0.2) is 18.3 Å². The summed E-state index contributed by atoms with van der Waals surface area (Å²) in [7, 11) is 1.43. The number of carboxylic acid groups (broad SMARTS) is 1. The van der Waals surface area contributed by atoms with E-state index in [1.54, 1.807) is 26.8 Å². The van der Waals surface area contributed by atoms with Crippen molar-refractivity contribution in [1.82, 2.24) is 14.4 Å². The lowest BCUT2D eigenvalue weighted by molar-refractivity contribution is -0.140. The van der Waals surface area contributed by atoms with Gasteiger partial charge < -0.3 is 5.11 Å². The smallest absolute Gasteiger partial charge is 0.425 e. The van der Waals surface area contributed by atoms with Crippen LogP contribution in [-0.4, -0.2) is 52.2 Å². The molecule has 2 atom stereocenters. The van der Waals surface area contributed by atoms with E-state index < -0.39 is 34.0 Å². The second-order valence-corrected chi connectivity index (χ2v) is 6.22. The number of hydrogen-bond acceptors (Lipinski definition) is 3. The van der Waals surface area contributed by atoms with Crippen molar-refractivity contribution >= 4 is 17.7 Å². The molecule has 0 saturated carbocycles. The van der Waals surface area contributed by atoms with Crippen molar-refractivity contribution in [1.29, 1.82) is 0 Å². The third kappa shape index (κ3) is 2.08. The summed E-state index contributed by atoms with van der Waals surface area (Å²) < 4.78 is 13.8. The number of halogens is 1. The summed E-state index contributed by atoms with van der Waals surface area (Å²) in [5.41, 5.74) is -0.607. The molecule has 0 spiro atoms. The van der Waals surface area contributed by atoms with Crippen molar-refractivity contribution in [2.24, 2.45) is 0 Å². The number of carbonyl (C=O) groups is 2. The first-order valence-corrected chi connectivity index (χ1v) is 6.62. The van der Waals surface area contributed by atoms with Crippen molar-refractivity contribution in [3.05, 3.63) is 24.3 Å². The highest BCUT2D eigenvalue weighted by molar-refractivity contribution is 5.95. The maximum atomic E-state index is 14.2. The van der Waals surface area contributed by atoms with Crippen molar-refractivity contribution in [2.45, 2.75) is 32.4 Å². The largest absolute Gasteiger partial charge is 0.480 e. The van der Waals surface area contributed by atoms with Crippen molar-refractivity contribution < 1.29 is 19.1 Å². The van der Waals surface area contributed by atoms with E-state index in [1.807, 2.05) is 0 Å². The third-order valence-corrected chi connectivity index (χ3v) is 4.12. The fourth-order valence-electron chi connectivity index (χ4n) is 2.89. The first kappa shape index (κ1) is 15.4. The van der Waals surface area contributed by atoms with Gasteiger partial charge >= 0.3 is 12.0 Å². The van der Waals surface area contributed by atoms with Gasteiger partial charge in [0.05, 0.1) is 0 Å². The molecule has 0 aliphatic carbocycles. The number of carboxylic acids is 1.